The molecule has 0 amide bonds. The maximum atomic E-state index is 11.1. The highest BCUT2D eigenvalue weighted by molar-refractivity contribution is 7.99. The average Bonchev–Trinajstić information content (AvgIpc) is 2.50. The molecule has 0 saturated carbocycles. The molecular weight excluding hydrogens is 288 g/mol. The van der Waals surface area contributed by atoms with E-state index in [9.17, 15) is 4.79 Å². The molecule has 0 atom stereocenters. The quantitative estimate of drug-likeness (QED) is 0.597. The topological polar surface area (TPSA) is 17.1 Å². The second-order valence-corrected chi connectivity index (χ2v) is 5.84. The van der Waals surface area contributed by atoms with Gasteiger partial charge in [-0.2, -0.15) is 0 Å². The highest BCUT2D eigenvalue weighted by Crippen LogP contribution is 2.37. The first-order valence-electron chi connectivity index (χ1n) is 6.19. The van der Waals surface area contributed by atoms with Gasteiger partial charge in [0.1, 0.15) is 0 Å². The maximum absolute atomic E-state index is 11.1. The molecule has 0 aromatic heterocycles. The number of hydrogen-bond donors (Lipinski definition) is 0. The summed E-state index contributed by atoms with van der Waals surface area (Å²) in [4.78, 5) is 13.2. The molecule has 98 valence electrons. The molecule has 1 nitrogen and oxygen atoms in total. The SMILES string of the molecule is O=Cc1ccc(Sc2ccccc2Cl)c2ccccc12. The smallest absolute Gasteiger partial charge is 0.150 e. The normalized spacial score (nSPS) is 10.7. The van der Waals surface area contributed by atoms with Crippen LogP contribution in [0.5, 0.6) is 0 Å². The van der Waals surface area contributed by atoms with E-state index >= 15 is 0 Å². The predicted octanol–water partition coefficient (Wildman–Crippen LogP) is 5.46. The van der Waals surface area contributed by atoms with E-state index in [2.05, 4.69) is 0 Å². The van der Waals surface area contributed by atoms with Gasteiger partial charge in [-0.3, -0.25) is 4.79 Å². The summed E-state index contributed by atoms with van der Waals surface area (Å²) in [5, 5.41) is 2.78. The molecule has 0 aliphatic rings. The first kappa shape index (κ1) is 13.2. The van der Waals surface area contributed by atoms with Crippen LogP contribution in [0.3, 0.4) is 0 Å². The van der Waals surface area contributed by atoms with Gasteiger partial charge in [0.25, 0.3) is 0 Å². The largest absolute Gasteiger partial charge is 0.298 e. The zero-order valence-corrected chi connectivity index (χ0v) is 12.1. The molecule has 0 saturated heterocycles. The molecule has 3 aromatic carbocycles. The molecule has 0 fully saturated rings. The Labute approximate surface area is 126 Å². The molecule has 3 rings (SSSR count). The van der Waals surface area contributed by atoms with Gasteiger partial charge in [0.2, 0.25) is 0 Å². The standard InChI is InChI=1S/C17H11ClOS/c18-15-7-3-4-8-17(15)20-16-10-9-12(11-19)13-5-1-2-6-14(13)16/h1-11H. The van der Waals surface area contributed by atoms with Crippen LogP contribution in [-0.4, -0.2) is 6.29 Å². The van der Waals surface area contributed by atoms with Crippen molar-refractivity contribution in [1.82, 2.24) is 0 Å². The van der Waals surface area contributed by atoms with Crippen molar-refractivity contribution in [2.75, 3.05) is 0 Å². The van der Waals surface area contributed by atoms with E-state index in [4.69, 9.17) is 11.6 Å². The van der Waals surface area contributed by atoms with Gasteiger partial charge in [-0.25, -0.2) is 0 Å². The van der Waals surface area contributed by atoms with E-state index in [1.54, 1.807) is 11.8 Å². The molecular formula is C17H11ClOS. The first-order valence-corrected chi connectivity index (χ1v) is 7.38. The molecule has 3 aromatic rings. The summed E-state index contributed by atoms with van der Waals surface area (Å²) in [5.41, 5.74) is 0.712. The third-order valence-corrected chi connectivity index (χ3v) is 4.69. The molecule has 20 heavy (non-hydrogen) atoms. The second-order valence-electron chi connectivity index (χ2n) is 4.35. The van der Waals surface area contributed by atoms with Gasteiger partial charge in [0.15, 0.2) is 6.29 Å². The third kappa shape index (κ3) is 2.45. The minimum absolute atomic E-state index is 0.712. The van der Waals surface area contributed by atoms with Crippen LogP contribution in [0.4, 0.5) is 0 Å². The van der Waals surface area contributed by atoms with Crippen LogP contribution in [0, 0.1) is 0 Å². The van der Waals surface area contributed by atoms with Gasteiger partial charge in [-0.05, 0) is 35.0 Å². The fourth-order valence-electron chi connectivity index (χ4n) is 2.13. The van der Waals surface area contributed by atoms with Crippen molar-refractivity contribution in [3.8, 4) is 0 Å². The van der Waals surface area contributed by atoms with E-state index in [1.807, 2.05) is 60.7 Å². The summed E-state index contributed by atoms with van der Waals surface area (Å²) in [7, 11) is 0. The zero-order chi connectivity index (χ0) is 13.9. The van der Waals surface area contributed by atoms with E-state index < -0.39 is 0 Å². The Morgan fingerprint density at radius 3 is 2.25 bits per heavy atom. The Kier molecular flexibility index (Phi) is 3.77. The van der Waals surface area contributed by atoms with E-state index in [0.717, 1.165) is 31.9 Å². The van der Waals surface area contributed by atoms with Gasteiger partial charge in [-0.15, -0.1) is 0 Å². The van der Waals surface area contributed by atoms with E-state index in [1.165, 1.54) is 0 Å². The first-order chi connectivity index (χ1) is 9.79. The second kappa shape index (κ2) is 5.70. The number of carbonyl (C=O) groups is 1. The predicted molar refractivity (Wildman–Crippen MR) is 84.9 cm³/mol. The Morgan fingerprint density at radius 2 is 1.50 bits per heavy atom. The van der Waals surface area contributed by atoms with Crippen LogP contribution in [0.2, 0.25) is 5.02 Å². The maximum Gasteiger partial charge on any atom is 0.150 e. The Hall–Kier alpha value is -1.77. The van der Waals surface area contributed by atoms with Crippen LogP contribution in [0.15, 0.2) is 70.5 Å². The average molecular weight is 299 g/mol. The minimum Gasteiger partial charge on any atom is -0.298 e. The van der Waals surface area contributed by atoms with Crippen molar-refractivity contribution in [2.24, 2.45) is 0 Å². The van der Waals surface area contributed by atoms with Crippen molar-refractivity contribution >= 4 is 40.4 Å². The molecule has 0 bridgehead atoms. The summed E-state index contributed by atoms with van der Waals surface area (Å²) in [6.45, 7) is 0. The van der Waals surface area contributed by atoms with Gasteiger partial charge >= 0.3 is 0 Å². The molecule has 0 unspecified atom stereocenters. The Morgan fingerprint density at radius 1 is 0.800 bits per heavy atom. The highest BCUT2D eigenvalue weighted by Gasteiger charge is 2.08. The van der Waals surface area contributed by atoms with Crippen molar-refractivity contribution in [3.05, 3.63) is 71.2 Å². The van der Waals surface area contributed by atoms with Gasteiger partial charge < -0.3 is 0 Å². The van der Waals surface area contributed by atoms with Gasteiger partial charge in [0, 0.05) is 15.4 Å². The summed E-state index contributed by atoms with van der Waals surface area (Å²) in [6, 6.07) is 19.5. The van der Waals surface area contributed by atoms with Crippen LogP contribution in [0.25, 0.3) is 10.8 Å². The van der Waals surface area contributed by atoms with Crippen LogP contribution < -0.4 is 0 Å². The van der Waals surface area contributed by atoms with Gasteiger partial charge in [0.05, 0.1) is 5.02 Å². The van der Waals surface area contributed by atoms with Crippen molar-refractivity contribution in [1.29, 1.82) is 0 Å². The van der Waals surface area contributed by atoms with E-state index in [0.29, 0.717) is 5.56 Å². The Balaban J connectivity index is 2.13. The van der Waals surface area contributed by atoms with Crippen molar-refractivity contribution in [3.63, 3.8) is 0 Å². The summed E-state index contributed by atoms with van der Waals surface area (Å²) in [5.74, 6) is 0. The number of aldehydes is 1. The molecule has 3 heteroatoms. The zero-order valence-electron chi connectivity index (χ0n) is 10.5. The van der Waals surface area contributed by atoms with Crippen molar-refractivity contribution in [2.45, 2.75) is 9.79 Å². The highest BCUT2D eigenvalue weighted by atomic mass is 35.5. The van der Waals surface area contributed by atoms with Crippen molar-refractivity contribution < 1.29 is 4.79 Å². The fraction of sp³-hybridized carbons (Fsp3) is 0. The third-order valence-electron chi connectivity index (χ3n) is 3.10. The number of benzene rings is 3. The summed E-state index contributed by atoms with van der Waals surface area (Å²) in [6.07, 6.45) is 0.895. The fourth-order valence-corrected chi connectivity index (χ4v) is 3.36. The lowest BCUT2D eigenvalue weighted by Crippen LogP contribution is -1.86. The van der Waals surface area contributed by atoms with Crippen LogP contribution in [-0.2, 0) is 0 Å². The molecule has 0 spiro atoms. The Bertz CT molecular complexity index is 783. The van der Waals surface area contributed by atoms with Gasteiger partial charge in [-0.1, -0.05) is 59.8 Å². The molecule has 0 aliphatic heterocycles. The lowest BCUT2D eigenvalue weighted by Gasteiger charge is -2.09. The monoisotopic (exact) mass is 298 g/mol. The molecule has 0 aliphatic carbocycles. The summed E-state index contributed by atoms with van der Waals surface area (Å²) < 4.78 is 0. The minimum atomic E-state index is 0.712. The van der Waals surface area contributed by atoms with Crippen LogP contribution in [0.1, 0.15) is 10.4 Å². The molecule has 0 radical (unpaired) electrons. The number of hydrogen-bond acceptors (Lipinski definition) is 2. The lowest BCUT2D eigenvalue weighted by molar-refractivity contribution is 0.112. The lowest BCUT2D eigenvalue weighted by atomic mass is 10.1. The number of carbonyl (C=O) groups excluding carboxylic acids is 1. The number of rotatable bonds is 3. The molecule has 0 heterocycles. The number of fused-ring (bicyclic) bond motifs is 1. The van der Waals surface area contributed by atoms with Crippen LogP contribution >= 0.6 is 23.4 Å². The summed E-state index contributed by atoms with van der Waals surface area (Å²) >= 11 is 7.82. The van der Waals surface area contributed by atoms with E-state index in [-0.39, 0.29) is 0 Å². The molecule has 0 N–H and O–H groups in total. The number of halogens is 1.